The number of nitrogens with zero attached hydrogens (tertiary/aromatic N) is 2. The molecule has 4 heteroatoms. The molecule has 94 valence electrons. The Bertz CT molecular complexity index is 386. The molecule has 2 aliphatic rings. The van der Waals surface area contributed by atoms with Crippen molar-refractivity contribution in [1.29, 1.82) is 0 Å². The van der Waals surface area contributed by atoms with Crippen LogP contribution >= 0.6 is 11.3 Å². The van der Waals surface area contributed by atoms with Crippen LogP contribution in [0.15, 0.2) is 6.20 Å². The minimum atomic E-state index is 0.653. The molecule has 3 nitrogen and oxygen atoms in total. The van der Waals surface area contributed by atoms with Gasteiger partial charge < -0.3 is 10.2 Å². The standard InChI is InChI=1S/C13H21N3S/c1-9-5-10(2)16(8-9)13-15-7-12(17-13)6-14-11-3-4-11/h7,9-11,14H,3-6,8H2,1-2H3. The maximum atomic E-state index is 4.59. The first-order valence-electron chi connectivity index (χ1n) is 6.67. The van der Waals surface area contributed by atoms with Crippen molar-refractivity contribution in [3.05, 3.63) is 11.1 Å². The lowest BCUT2D eigenvalue weighted by Crippen LogP contribution is -2.26. The van der Waals surface area contributed by atoms with Crippen LogP contribution in [0.5, 0.6) is 0 Å². The van der Waals surface area contributed by atoms with E-state index in [9.17, 15) is 0 Å². The minimum Gasteiger partial charge on any atom is -0.345 e. The van der Waals surface area contributed by atoms with E-state index >= 15 is 0 Å². The van der Waals surface area contributed by atoms with Crippen LogP contribution in [0, 0.1) is 5.92 Å². The molecule has 1 N–H and O–H groups in total. The van der Waals surface area contributed by atoms with Crippen LogP contribution in [0.1, 0.15) is 38.0 Å². The van der Waals surface area contributed by atoms with Gasteiger partial charge >= 0.3 is 0 Å². The summed E-state index contributed by atoms with van der Waals surface area (Å²) in [4.78, 5) is 8.43. The first-order chi connectivity index (χ1) is 8.22. The molecule has 0 radical (unpaired) electrons. The zero-order valence-electron chi connectivity index (χ0n) is 10.6. The molecule has 1 saturated heterocycles. The number of rotatable bonds is 4. The Hall–Kier alpha value is -0.610. The van der Waals surface area contributed by atoms with Crippen molar-refractivity contribution in [2.24, 2.45) is 5.92 Å². The summed E-state index contributed by atoms with van der Waals surface area (Å²) >= 11 is 1.86. The Morgan fingerprint density at radius 2 is 2.29 bits per heavy atom. The van der Waals surface area contributed by atoms with Crippen molar-refractivity contribution in [2.75, 3.05) is 11.4 Å². The fourth-order valence-corrected chi connectivity index (χ4v) is 3.58. The van der Waals surface area contributed by atoms with Gasteiger partial charge in [-0.25, -0.2) is 4.98 Å². The maximum absolute atomic E-state index is 4.59. The molecule has 0 aromatic carbocycles. The minimum absolute atomic E-state index is 0.653. The predicted molar refractivity (Wildman–Crippen MR) is 72.6 cm³/mol. The van der Waals surface area contributed by atoms with Crippen molar-refractivity contribution in [3.63, 3.8) is 0 Å². The lowest BCUT2D eigenvalue weighted by Gasteiger charge is -2.19. The summed E-state index contributed by atoms with van der Waals surface area (Å²) in [6.07, 6.45) is 6.05. The molecular weight excluding hydrogens is 230 g/mol. The molecule has 3 rings (SSSR count). The Morgan fingerprint density at radius 3 is 2.94 bits per heavy atom. The summed E-state index contributed by atoms with van der Waals surface area (Å²) < 4.78 is 0. The normalized spacial score (nSPS) is 28.9. The van der Waals surface area contributed by atoms with E-state index in [1.807, 2.05) is 17.5 Å². The van der Waals surface area contributed by atoms with Crippen molar-refractivity contribution in [1.82, 2.24) is 10.3 Å². The average molecular weight is 251 g/mol. The Labute approximate surface area is 107 Å². The number of hydrogen-bond acceptors (Lipinski definition) is 4. The lowest BCUT2D eigenvalue weighted by atomic mass is 10.1. The molecule has 1 aliphatic carbocycles. The van der Waals surface area contributed by atoms with Crippen LogP contribution in [0.2, 0.25) is 0 Å². The fraction of sp³-hybridized carbons (Fsp3) is 0.769. The van der Waals surface area contributed by atoms with E-state index in [0.29, 0.717) is 6.04 Å². The van der Waals surface area contributed by atoms with Crippen LogP contribution in [0.4, 0.5) is 5.13 Å². The van der Waals surface area contributed by atoms with Gasteiger partial charge in [-0.3, -0.25) is 0 Å². The second-order valence-corrected chi connectivity index (χ2v) is 6.70. The molecule has 1 aliphatic heterocycles. The topological polar surface area (TPSA) is 28.2 Å². The van der Waals surface area contributed by atoms with Gasteiger partial charge in [0.05, 0.1) is 0 Å². The second kappa shape index (κ2) is 4.58. The Kier molecular flexibility index (Phi) is 3.09. The molecule has 2 unspecified atom stereocenters. The SMILES string of the molecule is CC1CC(C)N(c2ncc(CNC3CC3)s2)C1. The molecule has 1 aromatic rings. The molecule has 1 saturated carbocycles. The third kappa shape index (κ3) is 2.63. The second-order valence-electron chi connectivity index (χ2n) is 5.61. The summed E-state index contributed by atoms with van der Waals surface area (Å²) in [6, 6.07) is 1.44. The van der Waals surface area contributed by atoms with Gasteiger partial charge in [0.1, 0.15) is 0 Å². The molecule has 2 atom stereocenters. The monoisotopic (exact) mass is 251 g/mol. The smallest absolute Gasteiger partial charge is 0.185 e. The maximum Gasteiger partial charge on any atom is 0.185 e. The van der Waals surface area contributed by atoms with E-state index in [0.717, 1.165) is 18.5 Å². The van der Waals surface area contributed by atoms with E-state index < -0.39 is 0 Å². The Balaban J connectivity index is 1.62. The van der Waals surface area contributed by atoms with E-state index in [-0.39, 0.29) is 0 Å². The molecule has 0 bridgehead atoms. The highest BCUT2D eigenvalue weighted by Gasteiger charge is 2.28. The van der Waals surface area contributed by atoms with Crippen LogP contribution in [-0.2, 0) is 6.54 Å². The molecule has 0 amide bonds. The van der Waals surface area contributed by atoms with Gasteiger partial charge in [-0.1, -0.05) is 6.92 Å². The first-order valence-corrected chi connectivity index (χ1v) is 7.48. The molecule has 17 heavy (non-hydrogen) atoms. The summed E-state index contributed by atoms with van der Waals surface area (Å²) in [7, 11) is 0. The zero-order valence-corrected chi connectivity index (χ0v) is 11.5. The van der Waals surface area contributed by atoms with Crippen molar-refractivity contribution in [3.8, 4) is 0 Å². The van der Waals surface area contributed by atoms with Crippen molar-refractivity contribution in [2.45, 2.75) is 51.7 Å². The van der Waals surface area contributed by atoms with E-state index in [1.54, 1.807) is 0 Å². The number of thiazole rings is 1. The predicted octanol–water partition coefficient (Wildman–Crippen LogP) is 2.63. The lowest BCUT2D eigenvalue weighted by molar-refractivity contribution is 0.625. The van der Waals surface area contributed by atoms with Crippen molar-refractivity contribution < 1.29 is 0 Å². The first kappa shape index (κ1) is 11.5. The van der Waals surface area contributed by atoms with E-state index in [4.69, 9.17) is 0 Å². The number of hydrogen-bond donors (Lipinski definition) is 1. The quantitative estimate of drug-likeness (QED) is 0.891. The number of aromatic nitrogens is 1. The highest BCUT2D eigenvalue weighted by atomic mass is 32.1. The van der Waals surface area contributed by atoms with Gasteiger partial charge in [0.25, 0.3) is 0 Å². The summed E-state index contributed by atoms with van der Waals surface area (Å²) in [5.41, 5.74) is 0. The molecule has 2 heterocycles. The summed E-state index contributed by atoms with van der Waals surface area (Å²) in [5.74, 6) is 0.807. The molecule has 2 fully saturated rings. The van der Waals surface area contributed by atoms with E-state index in [1.165, 1.54) is 35.8 Å². The van der Waals surface area contributed by atoms with E-state index in [2.05, 4.69) is 29.0 Å². The van der Waals surface area contributed by atoms with Gasteiger partial charge in [-0.2, -0.15) is 0 Å². The summed E-state index contributed by atoms with van der Waals surface area (Å²) in [5, 5.41) is 4.77. The van der Waals surface area contributed by atoms with Crippen LogP contribution in [0.25, 0.3) is 0 Å². The van der Waals surface area contributed by atoms with Crippen LogP contribution in [0.3, 0.4) is 0 Å². The third-order valence-electron chi connectivity index (χ3n) is 3.71. The van der Waals surface area contributed by atoms with Gasteiger partial charge in [-0.05, 0) is 32.1 Å². The third-order valence-corrected chi connectivity index (χ3v) is 4.75. The largest absolute Gasteiger partial charge is 0.345 e. The van der Waals surface area contributed by atoms with Crippen LogP contribution in [-0.4, -0.2) is 23.6 Å². The molecule has 0 spiro atoms. The summed E-state index contributed by atoms with van der Waals surface area (Å²) in [6.45, 7) is 6.82. The zero-order chi connectivity index (χ0) is 11.8. The highest BCUT2D eigenvalue weighted by molar-refractivity contribution is 7.15. The number of anilines is 1. The molecular formula is C13H21N3S. The van der Waals surface area contributed by atoms with Crippen molar-refractivity contribution >= 4 is 16.5 Å². The highest BCUT2D eigenvalue weighted by Crippen LogP contribution is 2.32. The van der Waals surface area contributed by atoms with Gasteiger partial charge in [0.2, 0.25) is 0 Å². The number of nitrogens with one attached hydrogen (secondary N) is 1. The fourth-order valence-electron chi connectivity index (χ4n) is 2.61. The van der Waals surface area contributed by atoms with Crippen LogP contribution < -0.4 is 10.2 Å². The molecule has 1 aromatic heterocycles. The van der Waals surface area contributed by atoms with Gasteiger partial charge in [-0.15, -0.1) is 11.3 Å². The van der Waals surface area contributed by atoms with Gasteiger partial charge in [0, 0.05) is 36.2 Å². The Morgan fingerprint density at radius 1 is 1.47 bits per heavy atom. The van der Waals surface area contributed by atoms with Gasteiger partial charge in [0.15, 0.2) is 5.13 Å². The average Bonchev–Trinajstić information content (AvgIpc) is 2.90.